The van der Waals surface area contributed by atoms with E-state index in [0.29, 0.717) is 19.0 Å². The Morgan fingerprint density at radius 1 is 1.14 bits per heavy atom. The number of para-hydroxylation sites is 1. The van der Waals surface area contributed by atoms with Gasteiger partial charge in [-0.3, -0.25) is 0 Å². The average Bonchev–Trinajstić information content (AvgIpc) is 2.97. The van der Waals surface area contributed by atoms with E-state index in [1.54, 1.807) is 4.31 Å². The lowest BCUT2D eigenvalue weighted by molar-refractivity contribution is 0.321. The van der Waals surface area contributed by atoms with Gasteiger partial charge in [-0.2, -0.15) is 5.10 Å². The van der Waals surface area contributed by atoms with Crippen molar-refractivity contribution in [3.63, 3.8) is 0 Å². The topological polar surface area (TPSA) is 55.2 Å². The number of rotatable bonds is 3. The molecule has 0 aliphatic carbocycles. The number of hydrogen-bond donors (Lipinski definition) is 0. The van der Waals surface area contributed by atoms with Gasteiger partial charge in [-0.05, 0) is 36.5 Å². The fourth-order valence-corrected chi connectivity index (χ4v) is 3.66. The minimum Gasteiger partial charge on any atom is -0.241 e. The predicted octanol–water partition coefficient (Wildman–Crippen LogP) is 2.01. The first-order valence-electron chi connectivity index (χ1n) is 7.09. The molecular weight excluding hydrogens is 286 g/mol. The number of nitrogens with zero attached hydrogens (tertiary/aromatic N) is 3. The molecule has 1 aliphatic rings. The van der Waals surface area contributed by atoms with Crippen LogP contribution in [0.15, 0.2) is 42.7 Å². The highest BCUT2D eigenvalue weighted by molar-refractivity contribution is 7.88. The monoisotopic (exact) mass is 305 g/mol. The molecule has 112 valence electrons. The molecule has 0 spiro atoms. The maximum absolute atomic E-state index is 11.5. The third-order valence-corrected chi connectivity index (χ3v) is 5.32. The van der Waals surface area contributed by atoms with Gasteiger partial charge in [-0.25, -0.2) is 17.4 Å². The summed E-state index contributed by atoms with van der Waals surface area (Å²) in [6.45, 7) is 1.19. The van der Waals surface area contributed by atoms with Crippen LogP contribution in [0.3, 0.4) is 0 Å². The van der Waals surface area contributed by atoms with Gasteiger partial charge in [0, 0.05) is 19.3 Å². The number of hydrogen-bond acceptors (Lipinski definition) is 3. The summed E-state index contributed by atoms with van der Waals surface area (Å²) in [5.74, 6) is 0.389. The van der Waals surface area contributed by atoms with E-state index >= 15 is 0 Å². The highest BCUT2D eigenvalue weighted by Crippen LogP contribution is 2.29. The van der Waals surface area contributed by atoms with Gasteiger partial charge in [0.1, 0.15) is 0 Å². The standard InChI is InChI=1S/C15H19N3O2S/c1-21(19,20)17-9-7-13(8-10-17)14-11-16-18(12-14)15-5-3-2-4-6-15/h2-6,11-13H,7-10H2,1H3. The lowest BCUT2D eigenvalue weighted by Gasteiger charge is -2.29. The van der Waals surface area contributed by atoms with Crippen LogP contribution in [0.5, 0.6) is 0 Å². The Bertz CT molecular complexity index is 702. The zero-order valence-corrected chi connectivity index (χ0v) is 12.8. The summed E-state index contributed by atoms with van der Waals surface area (Å²) in [6, 6.07) is 9.99. The normalized spacial score (nSPS) is 18.0. The van der Waals surface area contributed by atoms with Gasteiger partial charge in [0.05, 0.1) is 18.1 Å². The molecule has 21 heavy (non-hydrogen) atoms. The maximum atomic E-state index is 11.5. The Hall–Kier alpha value is -1.66. The second kappa shape index (κ2) is 5.61. The Balaban J connectivity index is 1.71. The number of piperidine rings is 1. The molecule has 0 unspecified atom stereocenters. The molecule has 1 saturated heterocycles. The molecule has 5 nitrogen and oxygen atoms in total. The summed E-state index contributed by atoms with van der Waals surface area (Å²) in [7, 11) is -3.06. The smallest absolute Gasteiger partial charge is 0.211 e. The van der Waals surface area contributed by atoms with E-state index < -0.39 is 10.0 Å². The molecule has 2 aromatic rings. The van der Waals surface area contributed by atoms with Crippen molar-refractivity contribution in [3.05, 3.63) is 48.3 Å². The van der Waals surface area contributed by atoms with Crippen LogP contribution in [0, 0.1) is 0 Å². The fraction of sp³-hybridized carbons (Fsp3) is 0.400. The van der Waals surface area contributed by atoms with E-state index in [1.165, 1.54) is 11.8 Å². The van der Waals surface area contributed by atoms with E-state index in [4.69, 9.17) is 0 Å². The van der Waals surface area contributed by atoms with Crippen molar-refractivity contribution in [3.8, 4) is 5.69 Å². The SMILES string of the molecule is CS(=O)(=O)N1CCC(c2cnn(-c3ccccc3)c2)CC1. The molecule has 0 atom stereocenters. The van der Waals surface area contributed by atoms with Crippen LogP contribution in [0.25, 0.3) is 5.69 Å². The highest BCUT2D eigenvalue weighted by atomic mass is 32.2. The Morgan fingerprint density at radius 2 is 1.81 bits per heavy atom. The maximum Gasteiger partial charge on any atom is 0.211 e. The van der Waals surface area contributed by atoms with E-state index in [-0.39, 0.29) is 0 Å². The quantitative estimate of drug-likeness (QED) is 0.871. The second-order valence-corrected chi connectivity index (χ2v) is 7.47. The van der Waals surface area contributed by atoms with Crippen molar-refractivity contribution in [2.24, 2.45) is 0 Å². The lowest BCUT2D eigenvalue weighted by Crippen LogP contribution is -2.37. The van der Waals surface area contributed by atoms with E-state index in [9.17, 15) is 8.42 Å². The molecule has 1 aromatic heterocycles. The number of sulfonamides is 1. The van der Waals surface area contributed by atoms with Crippen LogP contribution >= 0.6 is 0 Å². The molecule has 0 amide bonds. The summed E-state index contributed by atoms with van der Waals surface area (Å²) >= 11 is 0. The van der Waals surface area contributed by atoms with Crippen molar-refractivity contribution >= 4 is 10.0 Å². The van der Waals surface area contributed by atoms with Gasteiger partial charge < -0.3 is 0 Å². The van der Waals surface area contributed by atoms with E-state index in [1.807, 2.05) is 41.2 Å². The molecule has 0 N–H and O–H groups in total. The van der Waals surface area contributed by atoms with Crippen LogP contribution in [-0.4, -0.2) is 41.8 Å². The van der Waals surface area contributed by atoms with Gasteiger partial charge in [0.25, 0.3) is 0 Å². The highest BCUT2D eigenvalue weighted by Gasteiger charge is 2.26. The largest absolute Gasteiger partial charge is 0.241 e. The Morgan fingerprint density at radius 3 is 2.43 bits per heavy atom. The van der Waals surface area contributed by atoms with Crippen LogP contribution in [0.2, 0.25) is 0 Å². The first-order chi connectivity index (χ1) is 10.0. The predicted molar refractivity (Wildman–Crippen MR) is 82.0 cm³/mol. The summed E-state index contributed by atoms with van der Waals surface area (Å²) < 4.78 is 26.5. The molecule has 0 saturated carbocycles. The van der Waals surface area contributed by atoms with Crippen molar-refractivity contribution < 1.29 is 8.42 Å². The van der Waals surface area contributed by atoms with Gasteiger partial charge in [-0.1, -0.05) is 18.2 Å². The van der Waals surface area contributed by atoms with Crippen LogP contribution < -0.4 is 0 Å². The molecule has 0 bridgehead atoms. The Kier molecular flexibility index (Phi) is 3.82. The van der Waals surface area contributed by atoms with E-state index in [2.05, 4.69) is 11.3 Å². The Labute approximate surface area is 125 Å². The molecule has 1 aliphatic heterocycles. The summed E-state index contributed by atoms with van der Waals surface area (Å²) in [4.78, 5) is 0. The van der Waals surface area contributed by atoms with E-state index in [0.717, 1.165) is 18.5 Å². The third-order valence-electron chi connectivity index (χ3n) is 4.02. The van der Waals surface area contributed by atoms with Crippen LogP contribution in [0.4, 0.5) is 0 Å². The molecule has 1 fully saturated rings. The fourth-order valence-electron chi connectivity index (χ4n) is 2.79. The minimum absolute atomic E-state index is 0.389. The number of aromatic nitrogens is 2. The van der Waals surface area contributed by atoms with Gasteiger partial charge in [0.2, 0.25) is 10.0 Å². The first kappa shape index (κ1) is 14.3. The number of benzene rings is 1. The van der Waals surface area contributed by atoms with Gasteiger partial charge in [-0.15, -0.1) is 0 Å². The summed E-state index contributed by atoms with van der Waals surface area (Å²) in [5, 5.41) is 4.41. The van der Waals surface area contributed by atoms with Crippen molar-refractivity contribution in [2.45, 2.75) is 18.8 Å². The summed E-state index contributed by atoms with van der Waals surface area (Å²) in [5.41, 5.74) is 2.23. The third kappa shape index (κ3) is 3.16. The van der Waals surface area contributed by atoms with Crippen molar-refractivity contribution in [2.75, 3.05) is 19.3 Å². The molecule has 6 heteroatoms. The molecule has 1 aromatic carbocycles. The average molecular weight is 305 g/mol. The van der Waals surface area contributed by atoms with Crippen LogP contribution in [0.1, 0.15) is 24.3 Å². The van der Waals surface area contributed by atoms with Gasteiger partial charge >= 0.3 is 0 Å². The van der Waals surface area contributed by atoms with Crippen molar-refractivity contribution in [1.29, 1.82) is 0 Å². The second-order valence-electron chi connectivity index (χ2n) is 5.49. The summed E-state index contributed by atoms with van der Waals surface area (Å²) in [6.07, 6.45) is 6.94. The van der Waals surface area contributed by atoms with Crippen molar-refractivity contribution in [1.82, 2.24) is 14.1 Å². The molecule has 2 heterocycles. The zero-order chi connectivity index (χ0) is 14.9. The first-order valence-corrected chi connectivity index (χ1v) is 8.94. The lowest BCUT2D eigenvalue weighted by atomic mass is 9.93. The molecular formula is C15H19N3O2S. The molecule has 0 radical (unpaired) electrons. The zero-order valence-electron chi connectivity index (χ0n) is 12.0. The minimum atomic E-state index is -3.06. The van der Waals surface area contributed by atoms with Gasteiger partial charge in [0.15, 0.2) is 0 Å². The molecule has 3 rings (SSSR count). The van der Waals surface area contributed by atoms with Crippen LogP contribution in [-0.2, 0) is 10.0 Å².